The van der Waals surface area contributed by atoms with Gasteiger partial charge in [-0.25, -0.2) is 0 Å². The van der Waals surface area contributed by atoms with E-state index in [1.54, 1.807) is 18.3 Å². The van der Waals surface area contributed by atoms with Crippen molar-refractivity contribution in [1.82, 2.24) is 10.3 Å². The molecule has 1 aromatic heterocycles. The van der Waals surface area contributed by atoms with Crippen LogP contribution >= 0.6 is 11.6 Å². The van der Waals surface area contributed by atoms with Crippen LogP contribution in [0, 0.1) is 5.92 Å². The van der Waals surface area contributed by atoms with Gasteiger partial charge in [0.05, 0.1) is 5.02 Å². The Labute approximate surface area is 142 Å². The molecule has 0 aliphatic carbocycles. The van der Waals surface area contributed by atoms with Gasteiger partial charge in [0, 0.05) is 17.6 Å². The maximum atomic E-state index is 12.0. The second-order valence-corrected chi connectivity index (χ2v) is 6.58. The minimum atomic E-state index is -0.125. The molecule has 0 bridgehead atoms. The first-order chi connectivity index (χ1) is 11.0. The van der Waals surface area contributed by atoms with Crippen molar-refractivity contribution in [3.8, 4) is 5.75 Å². The SMILES string of the molecule is CC(C)CCC(C)NC(=O)COc1ccc(Cl)c2cccnc12. The van der Waals surface area contributed by atoms with Crippen molar-refractivity contribution >= 4 is 28.4 Å². The van der Waals surface area contributed by atoms with Crippen LogP contribution in [0.2, 0.25) is 5.02 Å². The highest BCUT2D eigenvalue weighted by atomic mass is 35.5. The molecule has 0 radical (unpaired) electrons. The summed E-state index contributed by atoms with van der Waals surface area (Å²) in [5, 5.41) is 4.39. The number of rotatable bonds is 7. The summed E-state index contributed by atoms with van der Waals surface area (Å²) in [5.41, 5.74) is 0.667. The molecule has 1 unspecified atom stereocenters. The highest BCUT2D eigenvalue weighted by Gasteiger charge is 2.11. The number of nitrogens with one attached hydrogen (secondary N) is 1. The third-order valence-corrected chi connectivity index (χ3v) is 3.95. The maximum absolute atomic E-state index is 12.0. The van der Waals surface area contributed by atoms with Gasteiger partial charge in [-0.05, 0) is 49.9 Å². The number of hydrogen-bond donors (Lipinski definition) is 1. The van der Waals surface area contributed by atoms with E-state index in [2.05, 4.69) is 24.1 Å². The summed E-state index contributed by atoms with van der Waals surface area (Å²) in [6, 6.07) is 7.35. The molecule has 1 amide bonds. The lowest BCUT2D eigenvalue weighted by molar-refractivity contribution is -0.123. The Bertz CT molecular complexity index is 673. The Morgan fingerprint density at radius 3 is 2.78 bits per heavy atom. The van der Waals surface area contributed by atoms with Crippen molar-refractivity contribution in [2.24, 2.45) is 5.92 Å². The Hall–Kier alpha value is -1.81. The first kappa shape index (κ1) is 17.5. The van der Waals surface area contributed by atoms with E-state index in [9.17, 15) is 4.79 Å². The van der Waals surface area contributed by atoms with Gasteiger partial charge in [-0.2, -0.15) is 0 Å². The van der Waals surface area contributed by atoms with Crippen LogP contribution in [-0.2, 0) is 4.79 Å². The Balaban J connectivity index is 1.93. The van der Waals surface area contributed by atoms with E-state index >= 15 is 0 Å². The molecule has 4 nitrogen and oxygen atoms in total. The van der Waals surface area contributed by atoms with E-state index in [0.717, 1.165) is 18.2 Å². The van der Waals surface area contributed by atoms with Gasteiger partial charge in [0.2, 0.25) is 0 Å². The van der Waals surface area contributed by atoms with E-state index in [4.69, 9.17) is 16.3 Å². The zero-order valence-electron chi connectivity index (χ0n) is 13.8. The largest absolute Gasteiger partial charge is 0.481 e. The van der Waals surface area contributed by atoms with Crippen LogP contribution in [0.1, 0.15) is 33.6 Å². The van der Waals surface area contributed by atoms with E-state index in [1.807, 2.05) is 19.1 Å². The number of halogens is 1. The van der Waals surface area contributed by atoms with Crippen molar-refractivity contribution in [3.63, 3.8) is 0 Å². The Kier molecular flexibility index (Phi) is 6.22. The molecular formula is C18H23ClN2O2. The number of pyridine rings is 1. The van der Waals surface area contributed by atoms with Crippen LogP contribution < -0.4 is 10.1 Å². The van der Waals surface area contributed by atoms with Gasteiger partial charge < -0.3 is 10.1 Å². The molecule has 23 heavy (non-hydrogen) atoms. The second kappa shape index (κ2) is 8.16. The fourth-order valence-electron chi connectivity index (χ4n) is 2.34. The molecule has 5 heteroatoms. The number of carbonyl (C=O) groups is 1. The number of amides is 1. The first-order valence-corrected chi connectivity index (χ1v) is 8.30. The normalized spacial score (nSPS) is 12.4. The van der Waals surface area contributed by atoms with Crippen molar-refractivity contribution in [3.05, 3.63) is 35.5 Å². The molecule has 1 aromatic carbocycles. The van der Waals surface area contributed by atoms with Crippen molar-refractivity contribution in [2.75, 3.05) is 6.61 Å². The number of benzene rings is 1. The topological polar surface area (TPSA) is 51.2 Å². The van der Waals surface area contributed by atoms with E-state index in [1.165, 1.54) is 0 Å². The monoisotopic (exact) mass is 334 g/mol. The molecule has 2 rings (SSSR count). The van der Waals surface area contributed by atoms with Gasteiger partial charge in [-0.15, -0.1) is 0 Å². The fraction of sp³-hybridized carbons (Fsp3) is 0.444. The molecule has 0 aliphatic heterocycles. The number of fused-ring (bicyclic) bond motifs is 1. The van der Waals surface area contributed by atoms with Crippen molar-refractivity contribution < 1.29 is 9.53 Å². The minimum Gasteiger partial charge on any atom is -0.481 e. The highest BCUT2D eigenvalue weighted by Crippen LogP contribution is 2.29. The predicted octanol–water partition coefficient (Wildman–Crippen LogP) is 4.21. The third kappa shape index (κ3) is 5.10. The van der Waals surface area contributed by atoms with E-state index < -0.39 is 0 Å². The van der Waals surface area contributed by atoms with Gasteiger partial charge in [0.25, 0.3) is 5.91 Å². The fourth-order valence-corrected chi connectivity index (χ4v) is 2.56. The van der Waals surface area contributed by atoms with Crippen molar-refractivity contribution in [2.45, 2.75) is 39.7 Å². The van der Waals surface area contributed by atoms with Gasteiger partial charge in [0.1, 0.15) is 11.3 Å². The molecule has 2 aromatic rings. The molecule has 0 saturated heterocycles. The van der Waals surface area contributed by atoms with Crippen LogP contribution in [0.3, 0.4) is 0 Å². The number of carbonyl (C=O) groups excluding carboxylic acids is 1. The number of ether oxygens (including phenoxy) is 1. The van der Waals surface area contributed by atoms with Gasteiger partial charge >= 0.3 is 0 Å². The summed E-state index contributed by atoms with van der Waals surface area (Å²) in [7, 11) is 0. The molecule has 0 spiro atoms. The predicted molar refractivity (Wildman–Crippen MR) is 93.9 cm³/mol. The standard InChI is InChI=1S/C18H23ClN2O2/c1-12(2)6-7-13(3)21-17(22)11-23-16-9-8-15(19)14-5-4-10-20-18(14)16/h4-5,8-10,12-13H,6-7,11H2,1-3H3,(H,21,22). The van der Waals surface area contributed by atoms with Crippen LogP contribution in [0.25, 0.3) is 10.9 Å². The molecule has 1 heterocycles. The molecule has 0 aliphatic rings. The lowest BCUT2D eigenvalue weighted by Gasteiger charge is -2.15. The molecular weight excluding hydrogens is 312 g/mol. The van der Waals surface area contributed by atoms with Gasteiger partial charge in [0.15, 0.2) is 6.61 Å². The average Bonchev–Trinajstić information content (AvgIpc) is 2.52. The van der Waals surface area contributed by atoms with Crippen LogP contribution in [0.4, 0.5) is 0 Å². The molecule has 124 valence electrons. The number of aromatic nitrogens is 1. The smallest absolute Gasteiger partial charge is 0.258 e. The van der Waals surface area contributed by atoms with Crippen LogP contribution in [0.15, 0.2) is 30.5 Å². The number of nitrogens with zero attached hydrogens (tertiary/aromatic N) is 1. The molecule has 0 saturated carbocycles. The molecule has 1 N–H and O–H groups in total. The first-order valence-electron chi connectivity index (χ1n) is 7.92. The van der Waals surface area contributed by atoms with E-state index in [0.29, 0.717) is 22.2 Å². The number of hydrogen-bond acceptors (Lipinski definition) is 3. The molecule has 1 atom stereocenters. The second-order valence-electron chi connectivity index (χ2n) is 6.17. The zero-order valence-corrected chi connectivity index (χ0v) is 14.6. The molecule has 0 fully saturated rings. The van der Waals surface area contributed by atoms with Gasteiger partial charge in [-0.1, -0.05) is 25.4 Å². The Morgan fingerprint density at radius 2 is 2.04 bits per heavy atom. The maximum Gasteiger partial charge on any atom is 0.258 e. The summed E-state index contributed by atoms with van der Waals surface area (Å²) in [6.07, 6.45) is 3.74. The van der Waals surface area contributed by atoms with E-state index in [-0.39, 0.29) is 18.6 Å². The summed E-state index contributed by atoms with van der Waals surface area (Å²) in [4.78, 5) is 16.3. The summed E-state index contributed by atoms with van der Waals surface area (Å²) < 4.78 is 5.63. The van der Waals surface area contributed by atoms with Crippen LogP contribution in [-0.4, -0.2) is 23.5 Å². The average molecular weight is 335 g/mol. The summed E-state index contributed by atoms with van der Waals surface area (Å²) in [6.45, 7) is 6.34. The summed E-state index contributed by atoms with van der Waals surface area (Å²) >= 11 is 6.15. The highest BCUT2D eigenvalue weighted by molar-refractivity contribution is 6.35. The lowest BCUT2D eigenvalue weighted by atomic mass is 10.0. The summed E-state index contributed by atoms with van der Waals surface area (Å²) in [5.74, 6) is 1.08. The van der Waals surface area contributed by atoms with Crippen molar-refractivity contribution in [1.29, 1.82) is 0 Å². The van der Waals surface area contributed by atoms with Crippen LogP contribution in [0.5, 0.6) is 5.75 Å². The lowest BCUT2D eigenvalue weighted by Crippen LogP contribution is -2.36. The van der Waals surface area contributed by atoms with Gasteiger partial charge in [-0.3, -0.25) is 9.78 Å². The zero-order chi connectivity index (χ0) is 16.8. The third-order valence-electron chi connectivity index (χ3n) is 3.62. The Morgan fingerprint density at radius 1 is 1.26 bits per heavy atom. The minimum absolute atomic E-state index is 0.0284. The quantitative estimate of drug-likeness (QED) is 0.825.